The molecule has 3 aliphatic heterocycles. The molecule has 7 heteroatoms. The van der Waals surface area contributed by atoms with Gasteiger partial charge in [0.2, 0.25) is 0 Å². The Balaban J connectivity index is 1.70. The van der Waals surface area contributed by atoms with Crippen molar-refractivity contribution in [3.8, 4) is 5.75 Å². The van der Waals surface area contributed by atoms with Crippen LogP contribution in [0, 0.1) is 5.92 Å². The summed E-state index contributed by atoms with van der Waals surface area (Å²) >= 11 is 0. The maximum atomic E-state index is 13.6. The predicted molar refractivity (Wildman–Crippen MR) is 239 cm³/mol. The molecule has 0 fully saturated rings. The number of rotatable bonds is 12. The first-order valence-corrected chi connectivity index (χ1v) is 21.6. The Morgan fingerprint density at radius 1 is 0.707 bits per heavy atom. The Morgan fingerprint density at radius 3 is 2.00 bits per heavy atom. The topological polar surface area (TPSA) is 91.8 Å². The monoisotopic (exact) mass is 776 g/mol. The summed E-state index contributed by atoms with van der Waals surface area (Å²) in [7, 11) is 3.18. The van der Waals surface area contributed by atoms with Gasteiger partial charge in [0.05, 0.1) is 48.2 Å². The van der Waals surface area contributed by atoms with Gasteiger partial charge in [0.1, 0.15) is 5.75 Å². The lowest BCUT2D eigenvalue weighted by atomic mass is 9.83. The summed E-state index contributed by atoms with van der Waals surface area (Å²) in [4.78, 5) is 33.0. The van der Waals surface area contributed by atoms with Crippen LogP contribution < -0.4 is 15.4 Å². The second-order valence-electron chi connectivity index (χ2n) is 15.4. The lowest BCUT2D eigenvalue weighted by molar-refractivity contribution is 0.0600. The van der Waals surface area contributed by atoms with E-state index in [0.717, 1.165) is 107 Å². The highest BCUT2D eigenvalue weighted by atomic mass is 16.5. The van der Waals surface area contributed by atoms with Crippen molar-refractivity contribution in [2.24, 2.45) is 15.9 Å². The molecule has 8 bridgehead atoms. The highest BCUT2D eigenvalue weighted by molar-refractivity contribution is 6.34. The number of allylic oxidation sites excluding steroid dienone is 4. The number of carbonyl (C=O) groups is 1. The van der Waals surface area contributed by atoms with Crippen LogP contribution in [0.3, 0.4) is 0 Å². The van der Waals surface area contributed by atoms with E-state index in [4.69, 9.17) is 19.5 Å². The standard InChI is InChI=1S/C51H60N4O3/c1-11-31-35(15-5)47-45(29-23-25-30(57-9)26-24-29)48-36(16-6)32(12-2)42(53-48)28-44-34(14-4)38(18-8)50(55-44)46(39-21-19-20-22-40(39)51(56)58-10)49-37(17-7)33(13-3)43(54-49)27-41(31)52-47/h19-28,31,45,53-54H,11-18H2,1-10H3/b43-27-,44-28-,49-46-. The molecule has 2 atom stereocenters. The van der Waals surface area contributed by atoms with Crippen LogP contribution in [0.5, 0.6) is 5.75 Å². The Hall–Kier alpha value is -5.43. The van der Waals surface area contributed by atoms with Crippen LogP contribution >= 0.6 is 0 Å². The quantitative estimate of drug-likeness (QED) is 0.140. The van der Waals surface area contributed by atoms with E-state index in [1.165, 1.54) is 57.3 Å². The number of nitrogens with one attached hydrogen (secondary N) is 2. The van der Waals surface area contributed by atoms with Crippen LogP contribution in [0.2, 0.25) is 0 Å². The van der Waals surface area contributed by atoms with E-state index in [-0.39, 0.29) is 17.8 Å². The van der Waals surface area contributed by atoms with Crippen molar-refractivity contribution in [3.05, 3.63) is 138 Å². The molecule has 4 aromatic rings. The van der Waals surface area contributed by atoms with E-state index < -0.39 is 0 Å². The molecular formula is C51H60N4O3. The number of nitrogens with zero attached hydrogens (tertiary/aromatic N) is 2. The fraction of sp³-hybridized carbons (Fsp3) is 0.392. The first-order valence-electron chi connectivity index (χ1n) is 21.6. The number of benzene rings is 2. The van der Waals surface area contributed by atoms with Gasteiger partial charge in [0.25, 0.3) is 0 Å². The lowest BCUT2D eigenvalue weighted by Crippen LogP contribution is -2.24. The fourth-order valence-corrected chi connectivity index (χ4v) is 10.0. The number of aliphatic imine (C=N–C) groups is 2. The van der Waals surface area contributed by atoms with E-state index in [2.05, 4.69) is 108 Å². The van der Waals surface area contributed by atoms with Crippen LogP contribution in [-0.4, -0.2) is 41.6 Å². The van der Waals surface area contributed by atoms with Gasteiger partial charge in [-0.1, -0.05) is 85.7 Å². The Bertz CT molecular complexity index is 2530. The molecule has 0 spiro atoms. The van der Waals surface area contributed by atoms with Crippen molar-refractivity contribution >= 4 is 35.1 Å². The zero-order valence-corrected chi connectivity index (χ0v) is 36.2. The van der Waals surface area contributed by atoms with Gasteiger partial charge >= 0.3 is 5.97 Å². The fourth-order valence-electron chi connectivity index (χ4n) is 10.0. The average Bonchev–Trinajstić information content (AvgIpc) is 4.00. The molecule has 2 aromatic heterocycles. The molecule has 302 valence electrons. The SMILES string of the molecule is CCC1=C(CC)/C2=C/c3[nH]c(c(CC)c3CC)C(c3ccc(OC)cc3)C3=C(CC)C(CC)C(=N3)/C=c3\[nH]/c(c(CC)c3CC)=C(/c3ccccc3C(=O)OC)C1=N2. The zero-order chi connectivity index (χ0) is 41.2. The van der Waals surface area contributed by atoms with Crippen molar-refractivity contribution in [2.45, 2.75) is 113 Å². The van der Waals surface area contributed by atoms with E-state index in [1.807, 2.05) is 18.2 Å². The molecule has 7 rings (SSSR count). The number of methoxy groups -OCH3 is 2. The van der Waals surface area contributed by atoms with Crippen LogP contribution in [0.4, 0.5) is 0 Å². The van der Waals surface area contributed by atoms with Crippen molar-refractivity contribution in [3.63, 3.8) is 0 Å². The largest absolute Gasteiger partial charge is 0.497 e. The summed E-state index contributed by atoms with van der Waals surface area (Å²) in [6, 6.07) is 16.4. The third-order valence-electron chi connectivity index (χ3n) is 12.7. The minimum atomic E-state index is -0.365. The number of carbonyl (C=O) groups excluding carboxylic acids is 1. The molecule has 2 N–H and O–H groups in total. The number of ether oxygens (including phenoxy) is 2. The van der Waals surface area contributed by atoms with E-state index in [1.54, 1.807) is 7.11 Å². The third kappa shape index (κ3) is 6.76. The first-order chi connectivity index (χ1) is 28.2. The van der Waals surface area contributed by atoms with Crippen LogP contribution in [0.1, 0.15) is 142 Å². The molecule has 0 amide bonds. The van der Waals surface area contributed by atoms with Gasteiger partial charge in [-0.3, -0.25) is 4.99 Å². The predicted octanol–water partition coefficient (Wildman–Crippen LogP) is 10.3. The molecule has 0 radical (unpaired) electrons. The number of aromatic nitrogens is 2. The average molecular weight is 777 g/mol. The highest BCUT2D eigenvalue weighted by Gasteiger charge is 2.36. The molecule has 58 heavy (non-hydrogen) atoms. The van der Waals surface area contributed by atoms with Crippen molar-refractivity contribution in [1.82, 2.24) is 9.97 Å². The van der Waals surface area contributed by atoms with Gasteiger partial charge in [-0.2, -0.15) is 0 Å². The van der Waals surface area contributed by atoms with Crippen LogP contribution in [-0.2, 0) is 30.4 Å². The second-order valence-corrected chi connectivity index (χ2v) is 15.4. The molecule has 0 saturated carbocycles. The van der Waals surface area contributed by atoms with Gasteiger partial charge in [-0.05, 0) is 126 Å². The Labute approximate surface area is 344 Å². The number of H-pyrrole nitrogens is 2. The normalized spacial score (nSPS) is 20.1. The molecule has 2 unspecified atom stereocenters. The number of hydrogen-bond donors (Lipinski definition) is 2. The van der Waals surface area contributed by atoms with Crippen LogP contribution in [0.25, 0.3) is 17.7 Å². The maximum Gasteiger partial charge on any atom is 0.338 e. The summed E-state index contributed by atoms with van der Waals surface area (Å²) < 4.78 is 11.0. The Morgan fingerprint density at radius 2 is 1.40 bits per heavy atom. The van der Waals surface area contributed by atoms with Gasteiger partial charge in [-0.15, -0.1) is 0 Å². The molecule has 7 nitrogen and oxygen atoms in total. The van der Waals surface area contributed by atoms with E-state index in [0.29, 0.717) is 5.56 Å². The van der Waals surface area contributed by atoms with Gasteiger partial charge in [0, 0.05) is 39.5 Å². The van der Waals surface area contributed by atoms with E-state index in [9.17, 15) is 4.79 Å². The summed E-state index contributed by atoms with van der Waals surface area (Å²) in [5.41, 5.74) is 18.9. The minimum absolute atomic E-state index is 0.0954. The van der Waals surface area contributed by atoms with Gasteiger partial charge in [-0.25, -0.2) is 9.79 Å². The zero-order valence-electron chi connectivity index (χ0n) is 36.2. The van der Waals surface area contributed by atoms with Crippen LogP contribution in [0.15, 0.2) is 86.6 Å². The number of hydrogen-bond acceptors (Lipinski definition) is 5. The van der Waals surface area contributed by atoms with Crippen molar-refractivity contribution < 1.29 is 14.3 Å². The van der Waals surface area contributed by atoms with Gasteiger partial charge in [0.15, 0.2) is 0 Å². The smallest absolute Gasteiger partial charge is 0.338 e. The summed E-state index contributed by atoms with van der Waals surface area (Å²) in [5.74, 6) is 0.556. The van der Waals surface area contributed by atoms with Gasteiger partial charge < -0.3 is 19.4 Å². The molecule has 2 aromatic carbocycles. The highest BCUT2D eigenvalue weighted by Crippen LogP contribution is 2.45. The Kier molecular flexibility index (Phi) is 12.1. The molecule has 0 saturated heterocycles. The molecule has 3 aliphatic rings. The van der Waals surface area contributed by atoms with Crippen molar-refractivity contribution in [2.75, 3.05) is 14.2 Å². The van der Waals surface area contributed by atoms with Crippen molar-refractivity contribution in [1.29, 1.82) is 0 Å². The lowest BCUT2D eigenvalue weighted by Gasteiger charge is -2.21. The second kappa shape index (κ2) is 17.2. The number of esters is 1. The summed E-state index contributed by atoms with van der Waals surface area (Å²) in [6.07, 6.45) is 11.5. The summed E-state index contributed by atoms with van der Waals surface area (Å²) in [5, 5.41) is 2.08. The number of aromatic amines is 2. The first kappa shape index (κ1) is 40.8. The molecule has 0 aliphatic carbocycles. The number of fused-ring (bicyclic) bond motifs is 6. The minimum Gasteiger partial charge on any atom is -0.497 e. The third-order valence-corrected chi connectivity index (χ3v) is 12.7. The molecular weight excluding hydrogens is 717 g/mol. The maximum absolute atomic E-state index is 13.6. The molecule has 5 heterocycles. The summed E-state index contributed by atoms with van der Waals surface area (Å²) in [6.45, 7) is 18.0. The van der Waals surface area contributed by atoms with E-state index >= 15 is 0 Å².